The fourth-order valence-corrected chi connectivity index (χ4v) is 2.44. The number of anilines is 1. The Labute approximate surface area is 117 Å². The molecule has 0 bridgehead atoms. The first kappa shape index (κ1) is 13.7. The molecule has 0 saturated heterocycles. The lowest BCUT2D eigenvalue weighted by molar-refractivity contribution is 0.413. The van der Waals surface area contributed by atoms with Crippen LogP contribution >= 0.6 is 11.8 Å². The number of benzene rings is 2. The lowest BCUT2D eigenvalue weighted by atomic mass is 10.3. The zero-order chi connectivity index (χ0) is 13.5. The van der Waals surface area contributed by atoms with Crippen LogP contribution in [0.1, 0.15) is 0 Å². The number of rotatable bonds is 6. The lowest BCUT2D eigenvalue weighted by Gasteiger charge is -2.07. The van der Waals surface area contributed by atoms with Gasteiger partial charge in [-0.25, -0.2) is 4.39 Å². The lowest BCUT2D eigenvalue weighted by Crippen LogP contribution is -2.03. The maximum absolute atomic E-state index is 12.7. The van der Waals surface area contributed by atoms with Crippen LogP contribution < -0.4 is 10.1 Å². The minimum Gasteiger partial charge on any atom is -0.497 e. The first-order valence-corrected chi connectivity index (χ1v) is 7.03. The van der Waals surface area contributed by atoms with E-state index in [0.29, 0.717) is 0 Å². The summed E-state index contributed by atoms with van der Waals surface area (Å²) in [7, 11) is 1.67. The molecule has 19 heavy (non-hydrogen) atoms. The summed E-state index contributed by atoms with van der Waals surface area (Å²) in [6, 6.07) is 14.4. The Morgan fingerprint density at radius 3 is 2.68 bits per heavy atom. The van der Waals surface area contributed by atoms with Gasteiger partial charge in [0.15, 0.2) is 0 Å². The molecule has 100 valence electrons. The Kier molecular flexibility index (Phi) is 5.10. The maximum Gasteiger partial charge on any atom is 0.123 e. The predicted molar refractivity (Wildman–Crippen MR) is 78.6 cm³/mol. The van der Waals surface area contributed by atoms with Crippen LogP contribution in [0.4, 0.5) is 10.1 Å². The third-order valence-electron chi connectivity index (χ3n) is 2.59. The summed E-state index contributed by atoms with van der Waals surface area (Å²) in [6.07, 6.45) is 0. The predicted octanol–water partition coefficient (Wildman–Crippen LogP) is 4.04. The third kappa shape index (κ3) is 4.48. The van der Waals surface area contributed by atoms with Crippen LogP contribution in [0.3, 0.4) is 0 Å². The van der Waals surface area contributed by atoms with Crippen LogP contribution in [0, 0.1) is 5.82 Å². The molecule has 2 nitrogen and oxygen atoms in total. The number of halogens is 1. The molecule has 2 rings (SSSR count). The second kappa shape index (κ2) is 7.04. The average Bonchev–Trinajstić information content (AvgIpc) is 2.46. The number of thioether (sulfide) groups is 1. The van der Waals surface area contributed by atoms with Crippen molar-refractivity contribution in [3.8, 4) is 5.75 Å². The Bertz CT molecular complexity index is 516. The van der Waals surface area contributed by atoms with E-state index in [1.165, 1.54) is 17.0 Å². The first-order chi connectivity index (χ1) is 9.28. The van der Waals surface area contributed by atoms with Crippen molar-refractivity contribution in [1.82, 2.24) is 0 Å². The summed E-state index contributed by atoms with van der Waals surface area (Å²) in [5.41, 5.74) is 0.938. The number of hydrogen-bond donors (Lipinski definition) is 1. The van der Waals surface area contributed by atoms with E-state index in [9.17, 15) is 4.39 Å². The zero-order valence-corrected chi connectivity index (χ0v) is 11.5. The Balaban J connectivity index is 1.75. The normalized spacial score (nSPS) is 10.2. The highest BCUT2D eigenvalue weighted by atomic mass is 32.2. The molecule has 0 radical (unpaired) electrons. The van der Waals surface area contributed by atoms with Gasteiger partial charge in [0.1, 0.15) is 11.6 Å². The van der Waals surface area contributed by atoms with Gasteiger partial charge in [0.2, 0.25) is 0 Å². The number of methoxy groups -OCH3 is 1. The van der Waals surface area contributed by atoms with Gasteiger partial charge in [-0.15, -0.1) is 11.8 Å². The molecule has 2 aromatic carbocycles. The second-order valence-electron chi connectivity index (χ2n) is 3.96. The van der Waals surface area contributed by atoms with E-state index >= 15 is 0 Å². The van der Waals surface area contributed by atoms with Crippen LogP contribution in [0.2, 0.25) is 0 Å². The van der Waals surface area contributed by atoms with Crippen molar-refractivity contribution in [3.63, 3.8) is 0 Å². The van der Waals surface area contributed by atoms with Gasteiger partial charge in [0, 0.05) is 22.9 Å². The molecular weight excluding hydrogens is 261 g/mol. The van der Waals surface area contributed by atoms with E-state index in [1.54, 1.807) is 31.0 Å². The SMILES string of the molecule is COc1cccc(SCCNc2ccc(F)cc2)c1. The third-order valence-corrected chi connectivity index (χ3v) is 3.58. The molecule has 4 heteroatoms. The van der Waals surface area contributed by atoms with E-state index in [2.05, 4.69) is 11.4 Å². The summed E-state index contributed by atoms with van der Waals surface area (Å²) < 4.78 is 17.9. The summed E-state index contributed by atoms with van der Waals surface area (Å²) in [5, 5.41) is 3.25. The van der Waals surface area contributed by atoms with Crippen LogP contribution in [-0.2, 0) is 0 Å². The molecule has 0 aliphatic carbocycles. The largest absolute Gasteiger partial charge is 0.497 e. The molecule has 0 heterocycles. The molecular formula is C15H16FNOS. The number of hydrogen-bond acceptors (Lipinski definition) is 3. The summed E-state index contributed by atoms with van der Waals surface area (Å²) in [6.45, 7) is 0.827. The standard InChI is InChI=1S/C15H16FNOS/c1-18-14-3-2-4-15(11-14)19-10-9-17-13-7-5-12(16)6-8-13/h2-8,11,17H,9-10H2,1H3. The molecule has 0 aromatic heterocycles. The fraction of sp³-hybridized carbons (Fsp3) is 0.200. The van der Waals surface area contributed by atoms with Gasteiger partial charge in [0.05, 0.1) is 7.11 Å². The van der Waals surface area contributed by atoms with Gasteiger partial charge >= 0.3 is 0 Å². The molecule has 2 aromatic rings. The molecule has 0 aliphatic rings. The Morgan fingerprint density at radius 1 is 1.16 bits per heavy atom. The van der Waals surface area contributed by atoms with Gasteiger partial charge in [-0.3, -0.25) is 0 Å². The maximum atomic E-state index is 12.7. The van der Waals surface area contributed by atoms with Crippen molar-refractivity contribution < 1.29 is 9.13 Å². The van der Waals surface area contributed by atoms with E-state index < -0.39 is 0 Å². The van der Waals surface area contributed by atoms with Crippen molar-refractivity contribution in [3.05, 3.63) is 54.3 Å². The van der Waals surface area contributed by atoms with E-state index in [0.717, 1.165) is 23.7 Å². The topological polar surface area (TPSA) is 21.3 Å². The quantitative estimate of drug-likeness (QED) is 0.636. The minimum absolute atomic E-state index is 0.212. The van der Waals surface area contributed by atoms with Gasteiger partial charge in [-0.2, -0.15) is 0 Å². The Hall–Kier alpha value is -1.68. The van der Waals surface area contributed by atoms with Crippen LogP contribution in [-0.4, -0.2) is 19.4 Å². The van der Waals surface area contributed by atoms with Crippen LogP contribution in [0.5, 0.6) is 5.75 Å². The molecule has 0 atom stereocenters. The molecule has 0 amide bonds. The molecule has 1 N–H and O–H groups in total. The van der Waals surface area contributed by atoms with E-state index in [-0.39, 0.29) is 5.82 Å². The number of ether oxygens (including phenoxy) is 1. The monoisotopic (exact) mass is 277 g/mol. The van der Waals surface area contributed by atoms with Gasteiger partial charge < -0.3 is 10.1 Å². The summed E-state index contributed by atoms with van der Waals surface area (Å²) in [5.74, 6) is 1.60. The molecule has 0 saturated carbocycles. The summed E-state index contributed by atoms with van der Waals surface area (Å²) >= 11 is 1.76. The van der Waals surface area contributed by atoms with Gasteiger partial charge in [-0.1, -0.05) is 6.07 Å². The van der Waals surface area contributed by atoms with Crippen molar-refractivity contribution in [2.75, 3.05) is 24.7 Å². The Morgan fingerprint density at radius 2 is 1.95 bits per heavy atom. The van der Waals surface area contributed by atoms with Crippen molar-refractivity contribution in [1.29, 1.82) is 0 Å². The molecule has 0 spiro atoms. The van der Waals surface area contributed by atoms with Crippen LogP contribution in [0.15, 0.2) is 53.4 Å². The highest BCUT2D eigenvalue weighted by Gasteiger charge is 1.97. The van der Waals surface area contributed by atoms with Gasteiger partial charge in [-0.05, 0) is 42.5 Å². The number of nitrogens with one attached hydrogen (secondary N) is 1. The van der Waals surface area contributed by atoms with Crippen molar-refractivity contribution in [2.45, 2.75) is 4.90 Å². The minimum atomic E-state index is -0.212. The summed E-state index contributed by atoms with van der Waals surface area (Å²) in [4.78, 5) is 1.18. The van der Waals surface area contributed by atoms with E-state index in [4.69, 9.17) is 4.74 Å². The van der Waals surface area contributed by atoms with E-state index in [1.807, 2.05) is 18.2 Å². The molecule has 0 aliphatic heterocycles. The molecule has 0 unspecified atom stereocenters. The van der Waals surface area contributed by atoms with Crippen LogP contribution in [0.25, 0.3) is 0 Å². The van der Waals surface area contributed by atoms with Crippen molar-refractivity contribution in [2.24, 2.45) is 0 Å². The highest BCUT2D eigenvalue weighted by molar-refractivity contribution is 7.99. The zero-order valence-electron chi connectivity index (χ0n) is 10.7. The van der Waals surface area contributed by atoms with Crippen molar-refractivity contribution >= 4 is 17.4 Å². The highest BCUT2D eigenvalue weighted by Crippen LogP contribution is 2.22. The fourth-order valence-electron chi connectivity index (χ4n) is 1.62. The first-order valence-electron chi connectivity index (χ1n) is 6.04. The average molecular weight is 277 g/mol. The van der Waals surface area contributed by atoms with Gasteiger partial charge in [0.25, 0.3) is 0 Å². The smallest absolute Gasteiger partial charge is 0.123 e. The second-order valence-corrected chi connectivity index (χ2v) is 5.13. The molecule has 0 fully saturated rings.